The summed E-state index contributed by atoms with van der Waals surface area (Å²) >= 11 is 0. The minimum absolute atomic E-state index is 0.0283. The van der Waals surface area contributed by atoms with Crippen LogP contribution in [-0.4, -0.2) is 42.1 Å². The first-order valence-electron chi connectivity index (χ1n) is 11.4. The van der Waals surface area contributed by atoms with Gasteiger partial charge >= 0.3 is 0 Å². The Morgan fingerprint density at radius 1 is 0.970 bits per heavy atom. The summed E-state index contributed by atoms with van der Waals surface area (Å²) < 4.78 is 5.90. The Bertz CT molecular complexity index is 1240. The van der Waals surface area contributed by atoms with E-state index in [1.807, 2.05) is 78.0 Å². The summed E-state index contributed by atoms with van der Waals surface area (Å²) in [6, 6.07) is 25.9. The number of aromatic nitrogens is 1. The van der Waals surface area contributed by atoms with Gasteiger partial charge in [0, 0.05) is 42.5 Å². The second kappa shape index (κ2) is 9.84. The number of ether oxygens (including phenoxy) is 1. The molecule has 5 rings (SSSR count). The van der Waals surface area contributed by atoms with Crippen LogP contribution in [0.5, 0.6) is 0 Å². The van der Waals surface area contributed by atoms with Crippen LogP contribution in [0.4, 0.5) is 11.4 Å². The summed E-state index contributed by atoms with van der Waals surface area (Å²) in [5, 5.41) is 5.74. The molecular formula is C28H27N3O2. The Kier molecular flexibility index (Phi) is 6.31. The van der Waals surface area contributed by atoms with E-state index in [0.717, 1.165) is 23.2 Å². The van der Waals surface area contributed by atoms with Gasteiger partial charge in [0.25, 0.3) is 5.91 Å². The number of anilines is 2. The van der Waals surface area contributed by atoms with Gasteiger partial charge in [0.05, 0.1) is 24.5 Å². The zero-order valence-electron chi connectivity index (χ0n) is 18.5. The molecule has 1 aliphatic rings. The number of amides is 1. The Labute approximate surface area is 194 Å². The molecule has 1 fully saturated rings. The van der Waals surface area contributed by atoms with E-state index in [1.165, 1.54) is 10.9 Å². The van der Waals surface area contributed by atoms with Crippen LogP contribution in [0.15, 0.2) is 91.3 Å². The highest BCUT2D eigenvalue weighted by molar-refractivity contribution is 6.00. The van der Waals surface area contributed by atoms with Crippen molar-refractivity contribution in [3.63, 3.8) is 0 Å². The van der Waals surface area contributed by atoms with Crippen molar-refractivity contribution >= 4 is 28.1 Å². The molecule has 3 aromatic carbocycles. The molecule has 1 aromatic heterocycles. The molecule has 5 nitrogen and oxygen atoms in total. The number of fused-ring (bicyclic) bond motifs is 1. The minimum atomic E-state index is 0.0283. The monoisotopic (exact) mass is 437 g/mol. The van der Waals surface area contributed by atoms with E-state index in [0.29, 0.717) is 31.9 Å². The fourth-order valence-electron chi connectivity index (χ4n) is 4.47. The summed E-state index contributed by atoms with van der Waals surface area (Å²) in [6.07, 6.45) is 4.66. The zero-order chi connectivity index (χ0) is 22.5. The summed E-state index contributed by atoms with van der Waals surface area (Å²) in [7, 11) is 0. The number of carbonyl (C=O) groups excluding carboxylic acids is 1. The average molecular weight is 438 g/mol. The molecule has 0 bridgehead atoms. The highest BCUT2D eigenvalue weighted by atomic mass is 16.5. The summed E-state index contributed by atoms with van der Waals surface area (Å²) in [5.41, 5.74) is 3.64. The number of hydrogen-bond acceptors (Lipinski definition) is 4. The molecule has 0 saturated carbocycles. The molecule has 1 unspecified atom stereocenters. The van der Waals surface area contributed by atoms with Crippen molar-refractivity contribution in [1.82, 2.24) is 9.88 Å². The molecule has 4 aromatic rings. The van der Waals surface area contributed by atoms with Gasteiger partial charge in [-0.05, 0) is 41.6 Å². The third-order valence-electron chi connectivity index (χ3n) is 6.09. The molecular weight excluding hydrogens is 410 g/mol. The van der Waals surface area contributed by atoms with Crippen LogP contribution >= 0.6 is 0 Å². The third-order valence-corrected chi connectivity index (χ3v) is 6.09. The van der Waals surface area contributed by atoms with Crippen LogP contribution in [0, 0.1) is 5.92 Å². The summed E-state index contributed by atoms with van der Waals surface area (Å²) in [5.74, 6) is 0.235. The Balaban J connectivity index is 1.36. The molecule has 1 aliphatic heterocycles. The molecule has 33 heavy (non-hydrogen) atoms. The van der Waals surface area contributed by atoms with Gasteiger partial charge in [-0.2, -0.15) is 0 Å². The number of carbonyl (C=O) groups is 1. The first-order valence-corrected chi connectivity index (χ1v) is 11.4. The van der Waals surface area contributed by atoms with Gasteiger partial charge in [0.15, 0.2) is 0 Å². The predicted octanol–water partition coefficient (Wildman–Crippen LogP) is 5.31. The molecule has 1 amide bonds. The van der Waals surface area contributed by atoms with E-state index >= 15 is 0 Å². The first kappa shape index (κ1) is 21.2. The fraction of sp³-hybridized carbons (Fsp3) is 0.214. The van der Waals surface area contributed by atoms with Gasteiger partial charge in [-0.1, -0.05) is 54.6 Å². The normalized spacial score (nSPS) is 16.4. The minimum Gasteiger partial charge on any atom is -0.379 e. The number of rotatable bonds is 5. The van der Waals surface area contributed by atoms with Gasteiger partial charge in [-0.3, -0.25) is 9.78 Å². The average Bonchev–Trinajstić information content (AvgIpc) is 3.10. The van der Waals surface area contributed by atoms with Crippen LogP contribution in [0.1, 0.15) is 15.9 Å². The predicted molar refractivity (Wildman–Crippen MR) is 132 cm³/mol. The van der Waals surface area contributed by atoms with E-state index in [9.17, 15) is 4.79 Å². The van der Waals surface area contributed by atoms with E-state index in [1.54, 1.807) is 0 Å². The van der Waals surface area contributed by atoms with Crippen molar-refractivity contribution in [3.05, 3.63) is 102 Å². The SMILES string of the molecule is O=C(c1ccccc1Nc1ccccc1)N1CCOCC(Cc2cncc3ccccc23)C1. The molecule has 1 saturated heterocycles. The molecule has 0 spiro atoms. The molecule has 5 heteroatoms. The van der Waals surface area contributed by atoms with Gasteiger partial charge in [-0.25, -0.2) is 0 Å². The quantitative estimate of drug-likeness (QED) is 0.460. The second-order valence-corrected chi connectivity index (χ2v) is 8.45. The molecule has 0 radical (unpaired) electrons. The van der Waals surface area contributed by atoms with Crippen LogP contribution in [0.25, 0.3) is 10.8 Å². The van der Waals surface area contributed by atoms with Crippen LogP contribution in [0.2, 0.25) is 0 Å². The third kappa shape index (κ3) is 4.89. The second-order valence-electron chi connectivity index (χ2n) is 8.45. The van der Waals surface area contributed by atoms with Crippen molar-refractivity contribution in [1.29, 1.82) is 0 Å². The number of nitrogens with zero attached hydrogens (tertiary/aromatic N) is 2. The summed E-state index contributed by atoms with van der Waals surface area (Å²) in [6.45, 7) is 2.42. The fourth-order valence-corrected chi connectivity index (χ4v) is 4.47. The van der Waals surface area contributed by atoms with Gasteiger partial charge in [0.2, 0.25) is 0 Å². The van der Waals surface area contributed by atoms with Crippen molar-refractivity contribution in [3.8, 4) is 0 Å². The van der Waals surface area contributed by atoms with Crippen LogP contribution in [-0.2, 0) is 11.2 Å². The largest absolute Gasteiger partial charge is 0.379 e. The molecule has 0 aliphatic carbocycles. The lowest BCUT2D eigenvalue weighted by molar-refractivity contribution is 0.0738. The maximum atomic E-state index is 13.6. The van der Waals surface area contributed by atoms with E-state index in [4.69, 9.17) is 4.74 Å². The van der Waals surface area contributed by atoms with Crippen LogP contribution < -0.4 is 5.32 Å². The van der Waals surface area contributed by atoms with Gasteiger partial charge < -0.3 is 15.0 Å². The lowest BCUT2D eigenvalue weighted by atomic mass is 9.96. The number of nitrogens with one attached hydrogen (secondary N) is 1. The Morgan fingerprint density at radius 2 is 1.76 bits per heavy atom. The van der Waals surface area contributed by atoms with E-state index in [2.05, 4.69) is 28.5 Å². The zero-order valence-corrected chi connectivity index (χ0v) is 18.5. The summed E-state index contributed by atoms with van der Waals surface area (Å²) in [4.78, 5) is 19.9. The Hall–Kier alpha value is -3.70. The topological polar surface area (TPSA) is 54.5 Å². The number of pyridine rings is 1. The molecule has 1 N–H and O–H groups in total. The van der Waals surface area contributed by atoms with Crippen molar-refractivity contribution in [2.24, 2.45) is 5.92 Å². The lowest BCUT2D eigenvalue weighted by Crippen LogP contribution is -2.36. The van der Waals surface area contributed by atoms with Crippen molar-refractivity contribution in [2.75, 3.05) is 31.6 Å². The van der Waals surface area contributed by atoms with Gasteiger partial charge in [0.1, 0.15) is 0 Å². The maximum absolute atomic E-state index is 13.6. The smallest absolute Gasteiger partial charge is 0.256 e. The first-order chi connectivity index (χ1) is 16.3. The Morgan fingerprint density at radius 3 is 2.67 bits per heavy atom. The number of para-hydroxylation sites is 2. The maximum Gasteiger partial charge on any atom is 0.256 e. The van der Waals surface area contributed by atoms with Gasteiger partial charge in [-0.15, -0.1) is 0 Å². The molecule has 166 valence electrons. The lowest BCUT2D eigenvalue weighted by Gasteiger charge is -2.25. The van der Waals surface area contributed by atoms with Crippen molar-refractivity contribution < 1.29 is 9.53 Å². The molecule has 1 atom stereocenters. The molecule has 2 heterocycles. The van der Waals surface area contributed by atoms with E-state index < -0.39 is 0 Å². The highest BCUT2D eigenvalue weighted by Crippen LogP contribution is 2.25. The number of hydrogen-bond donors (Lipinski definition) is 1. The van der Waals surface area contributed by atoms with Crippen molar-refractivity contribution in [2.45, 2.75) is 6.42 Å². The number of benzene rings is 3. The van der Waals surface area contributed by atoms with Crippen LogP contribution in [0.3, 0.4) is 0 Å². The highest BCUT2D eigenvalue weighted by Gasteiger charge is 2.25. The standard InChI is InChI=1S/C28H27N3O2/c32-28(26-12-6-7-13-27(26)30-24-9-2-1-3-10-24)31-14-15-33-20-21(19-31)16-23-18-29-17-22-8-4-5-11-25(22)23/h1-13,17-18,21,30H,14-16,19-20H2. The van der Waals surface area contributed by atoms with E-state index in [-0.39, 0.29) is 11.8 Å².